The van der Waals surface area contributed by atoms with Gasteiger partial charge in [0.2, 0.25) is 0 Å². The van der Waals surface area contributed by atoms with Crippen LogP contribution in [-0.4, -0.2) is 20.6 Å². The van der Waals surface area contributed by atoms with Crippen molar-refractivity contribution < 1.29 is 23.3 Å². The zero-order valence-corrected chi connectivity index (χ0v) is 17.5. The van der Waals surface area contributed by atoms with Crippen LogP contribution in [-0.2, 0) is 13.2 Å². The van der Waals surface area contributed by atoms with Crippen LogP contribution in [0, 0.1) is 22.9 Å². The van der Waals surface area contributed by atoms with Crippen molar-refractivity contribution >= 4 is 17.3 Å². The number of aromatic nitrogens is 2. The van der Waals surface area contributed by atoms with Gasteiger partial charge in [0.15, 0.2) is 5.76 Å². The first-order valence-electron chi connectivity index (χ1n) is 9.93. The Morgan fingerprint density at radius 1 is 1.24 bits per heavy atom. The highest BCUT2D eigenvalue weighted by Crippen LogP contribution is 2.24. The summed E-state index contributed by atoms with van der Waals surface area (Å²) >= 11 is 0. The average Bonchev–Trinajstić information content (AvgIpc) is 3.43. The number of ether oxygens (including phenoxy) is 1. The lowest BCUT2D eigenvalue weighted by molar-refractivity contribution is -0.385. The zero-order valence-electron chi connectivity index (χ0n) is 17.5. The topological polar surface area (TPSA) is 112 Å². The molecule has 2 aromatic carbocycles. The number of nitro benzene ring substituents is 1. The zero-order chi connectivity index (χ0) is 23.4. The number of furan rings is 1. The second-order valence-corrected chi connectivity index (χ2v) is 7.23. The Labute approximate surface area is 187 Å². The number of nitro groups is 1. The Bertz CT molecular complexity index is 1310. The Morgan fingerprint density at radius 3 is 2.82 bits per heavy atom. The minimum atomic E-state index is -0.474. The first kappa shape index (κ1) is 21.8. The number of nitrogens with zero attached hydrogens (tertiary/aromatic N) is 3. The van der Waals surface area contributed by atoms with Gasteiger partial charge in [-0.25, -0.2) is 4.39 Å². The molecule has 0 fully saturated rings. The molecule has 2 heterocycles. The molecule has 1 N–H and O–H groups in total. The minimum Gasteiger partial charge on any atom is -0.486 e. The molecule has 0 spiro atoms. The molecular formula is C23H19FN4O5. The number of nitrogens with one attached hydrogen (secondary N) is 1. The summed E-state index contributed by atoms with van der Waals surface area (Å²) in [6.45, 7) is 1.90. The van der Waals surface area contributed by atoms with Crippen molar-refractivity contribution in [2.75, 3.05) is 5.32 Å². The summed E-state index contributed by atoms with van der Waals surface area (Å²) < 4.78 is 26.4. The molecule has 0 aliphatic heterocycles. The van der Waals surface area contributed by atoms with Crippen LogP contribution in [0.3, 0.4) is 0 Å². The predicted molar refractivity (Wildman–Crippen MR) is 117 cm³/mol. The summed E-state index contributed by atoms with van der Waals surface area (Å²) in [5.74, 6) is 0.134. The highest BCUT2D eigenvalue weighted by Gasteiger charge is 2.14. The van der Waals surface area contributed by atoms with Crippen LogP contribution in [0.25, 0.3) is 0 Å². The number of carbonyl (C=O) groups excluding carboxylic acids is 1. The first-order valence-corrected chi connectivity index (χ1v) is 9.93. The number of rotatable bonds is 8. The Hall–Kier alpha value is -4.47. The molecule has 9 nitrogen and oxygen atoms in total. The fourth-order valence-electron chi connectivity index (χ4n) is 3.16. The van der Waals surface area contributed by atoms with Gasteiger partial charge in [-0.15, -0.1) is 0 Å². The van der Waals surface area contributed by atoms with Gasteiger partial charge in [-0.05, 0) is 37.3 Å². The molecule has 0 atom stereocenters. The van der Waals surface area contributed by atoms with Crippen LogP contribution < -0.4 is 10.1 Å². The Balaban J connectivity index is 1.34. The van der Waals surface area contributed by atoms with Crippen LogP contribution in [0.15, 0.2) is 71.4 Å². The highest BCUT2D eigenvalue weighted by atomic mass is 19.1. The fraction of sp³-hybridized carbons (Fsp3) is 0.130. The van der Waals surface area contributed by atoms with E-state index >= 15 is 0 Å². The monoisotopic (exact) mass is 450 g/mol. The molecule has 33 heavy (non-hydrogen) atoms. The standard InChI is InChI=1S/C23H19FN4O5/c1-15-10-18(6-8-21(15)28(30)31)32-14-19-7-9-22(33-19)23(29)26-17-11-25-27(13-17)12-16-4-2-3-5-20(16)24/h2-11,13H,12,14H2,1H3,(H,26,29). The molecule has 10 heteroatoms. The molecule has 168 valence electrons. The summed E-state index contributed by atoms with van der Waals surface area (Å²) in [6, 6.07) is 14.0. The van der Waals surface area contributed by atoms with Crippen molar-refractivity contribution in [3.63, 3.8) is 0 Å². The second-order valence-electron chi connectivity index (χ2n) is 7.23. The smallest absolute Gasteiger partial charge is 0.291 e. The van der Waals surface area contributed by atoms with Gasteiger partial charge in [-0.1, -0.05) is 18.2 Å². The van der Waals surface area contributed by atoms with Crippen LogP contribution in [0.1, 0.15) is 27.4 Å². The van der Waals surface area contributed by atoms with Crippen LogP contribution in [0.5, 0.6) is 5.75 Å². The van der Waals surface area contributed by atoms with Crippen molar-refractivity contribution in [1.29, 1.82) is 0 Å². The van der Waals surface area contributed by atoms with Crippen LogP contribution >= 0.6 is 0 Å². The van der Waals surface area contributed by atoms with E-state index < -0.39 is 10.8 Å². The van der Waals surface area contributed by atoms with Crippen molar-refractivity contribution in [3.05, 3.63) is 106 Å². The van der Waals surface area contributed by atoms with Crippen LogP contribution in [0.4, 0.5) is 15.8 Å². The number of benzene rings is 2. The van der Waals surface area contributed by atoms with Crippen molar-refractivity contribution in [3.8, 4) is 5.75 Å². The van der Waals surface area contributed by atoms with Crippen molar-refractivity contribution in [2.24, 2.45) is 0 Å². The maximum atomic E-state index is 13.8. The van der Waals surface area contributed by atoms with Gasteiger partial charge in [0, 0.05) is 23.4 Å². The van der Waals surface area contributed by atoms with Gasteiger partial charge >= 0.3 is 0 Å². The predicted octanol–water partition coefficient (Wildman–Crippen LogP) is 4.71. The molecule has 4 aromatic rings. The van der Waals surface area contributed by atoms with E-state index in [0.717, 1.165) is 0 Å². The molecule has 0 unspecified atom stereocenters. The number of carbonyl (C=O) groups is 1. The Morgan fingerprint density at radius 2 is 2.06 bits per heavy atom. The van der Waals surface area contributed by atoms with E-state index in [4.69, 9.17) is 9.15 Å². The normalized spacial score (nSPS) is 10.7. The van der Waals surface area contributed by atoms with E-state index in [0.29, 0.717) is 28.3 Å². The maximum Gasteiger partial charge on any atom is 0.291 e. The molecule has 0 aliphatic carbocycles. The van der Waals surface area contributed by atoms with E-state index in [1.807, 2.05) is 0 Å². The minimum absolute atomic E-state index is 0.0107. The quantitative estimate of drug-likeness (QED) is 0.307. The van der Waals surface area contributed by atoms with Gasteiger partial charge in [0.05, 0.1) is 23.4 Å². The number of aryl methyl sites for hydroxylation is 1. The van der Waals surface area contributed by atoms with E-state index in [1.54, 1.807) is 43.5 Å². The summed E-state index contributed by atoms with van der Waals surface area (Å²) in [5, 5.41) is 17.7. The van der Waals surface area contributed by atoms with Crippen molar-refractivity contribution in [1.82, 2.24) is 9.78 Å². The van der Waals surface area contributed by atoms with Crippen LogP contribution in [0.2, 0.25) is 0 Å². The lowest BCUT2D eigenvalue weighted by atomic mass is 10.2. The molecule has 0 saturated carbocycles. The molecular weight excluding hydrogens is 431 g/mol. The number of halogens is 1. The molecule has 0 radical (unpaired) electrons. The van der Waals surface area contributed by atoms with Crippen molar-refractivity contribution in [2.45, 2.75) is 20.1 Å². The van der Waals surface area contributed by atoms with Gasteiger partial charge in [0.1, 0.15) is 23.9 Å². The second kappa shape index (κ2) is 9.35. The van der Waals surface area contributed by atoms with E-state index in [2.05, 4.69) is 10.4 Å². The van der Waals surface area contributed by atoms with E-state index in [-0.39, 0.29) is 30.4 Å². The number of hydrogen-bond donors (Lipinski definition) is 1. The van der Waals surface area contributed by atoms with Gasteiger partial charge in [-0.3, -0.25) is 19.6 Å². The fourth-order valence-corrected chi connectivity index (χ4v) is 3.16. The third-order valence-electron chi connectivity index (χ3n) is 4.81. The van der Waals surface area contributed by atoms with Gasteiger partial charge in [0.25, 0.3) is 11.6 Å². The molecule has 0 aliphatic rings. The summed E-state index contributed by atoms with van der Waals surface area (Å²) in [6.07, 6.45) is 3.05. The number of anilines is 1. The summed E-state index contributed by atoms with van der Waals surface area (Å²) in [5.41, 5.74) is 1.41. The first-order chi connectivity index (χ1) is 15.9. The number of hydrogen-bond acceptors (Lipinski definition) is 6. The number of amides is 1. The van der Waals surface area contributed by atoms with E-state index in [1.165, 1.54) is 35.1 Å². The molecule has 0 saturated heterocycles. The van der Waals surface area contributed by atoms with Gasteiger partial charge in [-0.2, -0.15) is 5.10 Å². The molecule has 4 rings (SSSR count). The third kappa shape index (κ3) is 5.24. The summed E-state index contributed by atoms with van der Waals surface area (Å²) in [4.78, 5) is 22.9. The molecule has 0 bridgehead atoms. The highest BCUT2D eigenvalue weighted by molar-refractivity contribution is 6.02. The lowest BCUT2D eigenvalue weighted by Crippen LogP contribution is -2.10. The molecule has 1 amide bonds. The summed E-state index contributed by atoms with van der Waals surface area (Å²) in [7, 11) is 0. The SMILES string of the molecule is Cc1cc(OCc2ccc(C(=O)Nc3cnn(Cc4ccccc4F)c3)o2)ccc1[N+](=O)[O-]. The average molecular weight is 450 g/mol. The lowest BCUT2D eigenvalue weighted by Gasteiger charge is -2.05. The third-order valence-corrected chi connectivity index (χ3v) is 4.81. The van der Waals surface area contributed by atoms with E-state index in [9.17, 15) is 19.3 Å². The van der Waals surface area contributed by atoms with Gasteiger partial charge < -0.3 is 14.5 Å². The molecule has 2 aromatic heterocycles. The Kier molecular flexibility index (Phi) is 6.16. The maximum absolute atomic E-state index is 13.8. The largest absolute Gasteiger partial charge is 0.486 e.